The zero-order chi connectivity index (χ0) is 21.2. The molecule has 1 fully saturated rings. The molecule has 4 heterocycles. The molecule has 3 aromatic heterocycles. The van der Waals surface area contributed by atoms with E-state index in [0.29, 0.717) is 18.3 Å². The first-order valence-electron chi connectivity index (χ1n) is 9.95. The minimum Gasteiger partial charge on any atom is -0.733 e. The highest BCUT2D eigenvalue weighted by molar-refractivity contribution is 5.53. The van der Waals surface area contributed by atoms with Crippen molar-refractivity contribution < 1.29 is 9.73 Å². The minimum atomic E-state index is -0.140. The van der Waals surface area contributed by atoms with Gasteiger partial charge in [0.05, 0.1) is 11.7 Å². The van der Waals surface area contributed by atoms with Crippen LogP contribution >= 0.6 is 0 Å². The van der Waals surface area contributed by atoms with Crippen molar-refractivity contribution >= 4 is 5.69 Å². The van der Waals surface area contributed by atoms with Gasteiger partial charge in [-0.15, -0.1) is 0 Å². The van der Waals surface area contributed by atoms with Crippen LogP contribution in [-0.4, -0.2) is 41.3 Å². The van der Waals surface area contributed by atoms with Crippen molar-refractivity contribution in [1.82, 2.24) is 29.6 Å². The molecule has 0 amide bonds. The van der Waals surface area contributed by atoms with E-state index in [1.807, 2.05) is 35.0 Å². The van der Waals surface area contributed by atoms with Gasteiger partial charge in [0.25, 0.3) is 0 Å². The molecule has 0 aliphatic carbocycles. The standard InChI is InChI=1S/C21H20N7O3/c29-28(30)17-6-3-15(4-7-17)13-26-10-1-2-18(26)21-24-20(25-31-21)16-5-8-19(23-12-16)27-11-9-22-14-27/h3-9,11-12,14,18,29H,1-2,10,13H2/q-1/t18-/m0/s1. The molecular formula is C21H20N7O3-. The van der Waals surface area contributed by atoms with E-state index in [1.165, 1.54) is 0 Å². The van der Waals surface area contributed by atoms with Gasteiger partial charge in [-0.25, -0.2) is 9.97 Å². The zero-order valence-corrected chi connectivity index (χ0v) is 16.6. The lowest BCUT2D eigenvalue weighted by Crippen LogP contribution is -2.23. The van der Waals surface area contributed by atoms with E-state index >= 15 is 0 Å². The Bertz CT molecular complexity index is 1120. The molecule has 10 nitrogen and oxygen atoms in total. The average molecular weight is 418 g/mol. The van der Waals surface area contributed by atoms with Crippen LogP contribution in [0.5, 0.6) is 0 Å². The van der Waals surface area contributed by atoms with Gasteiger partial charge in [0.2, 0.25) is 11.7 Å². The summed E-state index contributed by atoms with van der Waals surface area (Å²) in [5, 5.41) is 24.0. The molecule has 10 heteroatoms. The Morgan fingerprint density at radius 3 is 2.77 bits per heavy atom. The van der Waals surface area contributed by atoms with Crippen LogP contribution in [0.15, 0.2) is 65.8 Å². The number of nitrogens with zero attached hydrogens (tertiary/aromatic N) is 7. The number of rotatable bonds is 6. The first-order valence-corrected chi connectivity index (χ1v) is 9.95. The van der Waals surface area contributed by atoms with Gasteiger partial charge in [-0.1, -0.05) is 17.3 Å². The number of hydrogen-bond donors (Lipinski definition) is 1. The highest BCUT2D eigenvalue weighted by Crippen LogP contribution is 2.33. The molecule has 158 valence electrons. The zero-order valence-electron chi connectivity index (χ0n) is 16.6. The highest BCUT2D eigenvalue weighted by atomic mass is 16.8. The summed E-state index contributed by atoms with van der Waals surface area (Å²) < 4.78 is 7.42. The third-order valence-electron chi connectivity index (χ3n) is 5.41. The lowest BCUT2D eigenvalue weighted by Gasteiger charge is -2.23. The molecule has 0 saturated carbocycles. The Hall–Kier alpha value is -3.60. The number of imidazole rings is 1. The predicted molar refractivity (Wildman–Crippen MR) is 111 cm³/mol. The molecule has 5 rings (SSSR count). The van der Waals surface area contributed by atoms with E-state index in [1.54, 1.807) is 30.9 Å². The Morgan fingerprint density at radius 1 is 1.19 bits per heavy atom. The largest absolute Gasteiger partial charge is 0.733 e. The average Bonchev–Trinajstić information content (AvgIpc) is 3.56. The van der Waals surface area contributed by atoms with Gasteiger partial charge in [-0.2, -0.15) is 4.98 Å². The number of anilines is 1. The number of pyridine rings is 1. The summed E-state index contributed by atoms with van der Waals surface area (Å²) in [6.07, 6.45) is 8.91. The normalized spacial score (nSPS) is 16.6. The van der Waals surface area contributed by atoms with Crippen LogP contribution in [0.4, 0.5) is 5.69 Å². The van der Waals surface area contributed by atoms with Crippen molar-refractivity contribution in [2.45, 2.75) is 25.4 Å². The van der Waals surface area contributed by atoms with Crippen LogP contribution in [0.1, 0.15) is 30.3 Å². The molecule has 4 aromatic rings. The molecule has 1 aliphatic heterocycles. The van der Waals surface area contributed by atoms with Crippen LogP contribution < -0.4 is 5.23 Å². The van der Waals surface area contributed by atoms with Gasteiger partial charge in [0.15, 0.2) is 0 Å². The van der Waals surface area contributed by atoms with E-state index in [2.05, 4.69) is 25.0 Å². The van der Waals surface area contributed by atoms with Crippen LogP contribution in [0.3, 0.4) is 0 Å². The number of aromatic nitrogens is 5. The monoisotopic (exact) mass is 418 g/mol. The Labute approximate surface area is 177 Å². The van der Waals surface area contributed by atoms with Gasteiger partial charge in [-0.3, -0.25) is 14.7 Å². The highest BCUT2D eigenvalue weighted by Gasteiger charge is 2.30. The smallest absolute Gasteiger partial charge is 0.244 e. The lowest BCUT2D eigenvalue weighted by atomic mass is 10.1. The van der Waals surface area contributed by atoms with Gasteiger partial charge >= 0.3 is 0 Å². The number of hydrogen-bond acceptors (Lipinski definition) is 9. The maximum Gasteiger partial charge on any atom is 0.244 e. The van der Waals surface area contributed by atoms with E-state index < -0.39 is 0 Å². The molecule has 1 aromatic carbocycles. The fourth-order valence-electron chi connectivity index (χ4n) is 3.81. The van der Waals surface area contributed by atoms with Gasteiger partial charge in [0.1, 0.15) is 12.1 Å². The Balaban J connectivity index is 1.30. The fourth-order valence-corrected chi connectivity index (χ4v) is 3.81. The Morgan fingerprint density at radius 2 is 2.06 bits per heavy atom. The first kappa shape index (κ1) is 19.4. The molecule has 1 atom stereocenters. The number of likely N-dealkylation sites (tertiary alicyclic amines) is 1. The molecule has 1 saturated heterocycles. The molecule has 0 unspecified atom stereocenters. The van der Waals surface area contributed by atoms with Crippen molar-refractivity contribution in [2.75, 3.05) is 11.8 Å². The van der Waals surface area contributed by atoms with Crippen LogP contribution in [0, 0.1) is 5.21 Å². The van der Waals surface area contributed by atoms with Crippen molar-refractivity contribution in [3.63, 3.8) is 0 Å². The van der Waals surface area contributed by atoms with Crippen LogP contribution in [0.2, 0.25) is 0 Å². The van der Waals surface area contributed by atoms with Gasteiger partial charge in [0, 0.05) is 30.7 Å². The molecule has 0 radical (unpaired) electrons. The maximum absolute atomic E-state index is 11.0. The summed E-state index contributed by atoms with van der Waals surface area (Å²) in [5.74, 6) is 1.86. The third kappa shape index (κ3) is 4.04. The lowest BCUT2D eigenvalue weighted by molar-refractivity contribution is 0.201. The Kier molecular flexibility index (Phi) is 5.16. The second-order valence-corrected chi connectivity index (χ2v) is 7.40. The summed E-state index contributed by atoms with van der Waals surface area (Å²) in [5.41, 5.74) is 2.03. The van der Waals surface area contributed by atoms with E-state index in [0.717, 1.165) is 36.3 Å². The summed E-state index contributed by atoms with van der Waals surface area (Å²) in [4.78, 5) is 15.4. The number of benzene rings is 1. The summed E-state index contributed by atoms with van der Waals surface area (Å²) >= 11 is 0. The van der Waals surface area contributed by atoms with Crippen molar-refractivity contribution in [3.8, 4) is 17.2 Å². The third-order valence-corrected chi connectivity index (χ3v) is 5.41. The van der Waals surface area contributed by atoms with Gasteiger partial charge in [-0.05, 0) is 49.2 Å². The molecular weight excluding hydrogens is 398 g/mol. The summed E-state index contributed by atoms with van der Waals surface area (Å²) in [6, 6.07) is 10.7. The molecule has 1 N–H and O–H groups in total. The van der Waals surface area contributed by atoms with Gasteiger partial charge < -0.3 is 15.0 Å². The molecule has 0 bridgehead atoms. The van der Waals surface area contributed by atoms with Crippen molar-refractivity contribution in [2.24, 2.45) is 0 Å². The van der Waals surface area contributed by atoms with Crippen LogP contribution in [0.25, 0.3) is 17.2 Å². The van der Waals surface area contributed by atoms with E-state index in [4.69, 9.17) is 9.73 Å². The summed E-state index contributed by atoms with van der Waals surface area (Å²) in [6.45, 7) is 1.60. The molecule has 1 aliphatic rings. The maximum atomic E-state index is 11.0. The second-order valence-electron chi connectivity index (χ2n) is 7.40. The second kappa shape index (κ2) is 8.26. The van der Waals surface area contributed by atoms with Crippen molar-refractivity contribution in [1.29, 1.82) is 0 Å². The topological polar surface area (TPSA) is 119 Å². The SMILES string of the molecule is [O-]N(O)c1ccc(CN2CCC[C@H]2c2nc(-c3ccc(-n4ccnc4)nc3)no2)cc1. The van der Waals surface area contributed by atoms with Crippen LogP contribution in [-0.2, 0) is 6.54 Å². The van der Waals surface area contributed by atoms with E-state index in [9.17, 15) is 5.21 Å². The predicted octanol–water partition coefficient (Wildman–Crippen LogP) is 3.35. The molecule has 0 spiro atoms. The first-order chi connectivity index (χ1) is 15.2. The van der Waals surface area contributed by atoms with Crippen molar-refractivity contribution in [3.05, 3.63) is 78.0 Å². The summed E-state index contributed by atoms with van der Waals surface area (Å²) in [7, 11) is 0. The fraction of sp³-hybridized carbons (Fsp3) is 0.238. The van der Waals surface area contributed by atoms with E-state index in [-0.39, 0.29) is 17.0 Å². The minimum absolute atomic E-state index is 0.0351. The molecule has 31 heavy (non-hydrogen) atoms. The quantitative estimate of drug-likeness (QED) is 0.470.